The summed E-state index contributed by atoms with van der Waals surface area (Å²) >= 11 is 3.35. The topological polar surface area (TPSA) is 12.0 Å². The molecule has 1 N–H and O–H groups in total. The second kappa shape index (κ2) is 5.28. The van der Waals surface area contributed by atoms with Crippen molar-refractivity contribution in [2.24, 2.45) is 5.92 Å². The molecule has 0 aromatic heterocycles. The first-order chi connectivity index (χ1) is 7.68. The minimum atomic E-state index is -0.0417. The Kier molecular flexibility index (Phi) is 3.98. The standard InChI is InChI=1S/C13H17BrFN/c1-9-12(14)5-4-11(13(9)15)7-10-3-2-6-16-8-10/h4-5,10,16H,2-3,6-8H2,1H3. The van der Waals surface area contributed by atoms with Crippen molar-refractivity contribution in [2.75, 3.05) is 13.1 Å². The summed E-state index contributed by atoms with van der Waals surface area (Å²) in [4.78, 5) is 0. The molecular weight excluding hydrogens is 269 g/mol. The van der Waals surface area contributed by atoms with Crippen molar-refractivity contribution in [1.82, 2.24) is 5.32 Å². The van der Waals surface area contributed by atoms with Crippen LogP contribution in [0.1, 0.15) is 24.0 Å². The van der Waals surface area contributed by atoms with Gasteiger partial charge in [0.2, 0.25) is 0 Å². The van der Waals surface area contributed by atoms with Gasteiger partial charge in [0.05, 0.1) is 0 Å². The van der Waals surface area contributed by atoms with Gasteiger partial charge in [0.25, 0.3) is 0 Å². The molecule has 0 radical (unpaired) electrons. The molecule has 0 amide bonds. The van der Waals surface area contributed by atoms with Crippen molar-refractivity contribution < 1.29 is 4.39 Å². The second-order valence-electron chi connectivity index (χ2n) is 4.56. The summed E-state index contributed by atoms with van der Waals surface area (Å²) in [5.74, 6) is 0.545. The molecule has 0 saturated carbocycles. The summed E-state index contributed by atoms with van der Waals surface area (Å²) in [5.41, 5.74) is 1.58. The van der Waals surface area contributed by atoms with Crippen LogP contribution in [0.4, 0.5) is 4.39 Å². The predicted octanol–water partition coefficient (Wildman–Crippen LogP) is 3.44. The van der Waals surface area contributed by atoms with Crippen LogP contribution in [-0.4, -0.2) is 13.1 Å². The molecule has 1 fully saturated rings. The van der Waals surface area contributed by atoms with E-state index in [1.165, 1.54) is 12.8 Å². The lowest BCUT2D eigenvalue weighted by atomic mass is 9.91. The highest BCUT2D eigenvalue weighted by atomic mass is 79.9. The minimum Gasteiger partial charge on any atom is -0.316 e. The summed E-state index contributed by atoms with van der Waals surface area (Å²) in [6.45, 7) is 3.95. The zero-order chi connectivity index (χ0) is 11.5. The Hall–Kier alpha value is -0.410. The number of hydrogen-bond donors (Lipinski definition) is 1. The van der Waals surface area contributed by atoms with Gasteiger partial charge in [-0.15, -0.1) is 0 Å². The number of halogens is 2. The molecule has 1 aliphatic rings. The molecule has 1 aromatic rings. The maximum Gasteiger partial charge on any atom is 0.130 e. The van der Waals surface area contributed by atoms with Crippen LogP contribution < -0.4 is 5.32 Å². The Balaban J connectivity index is 2.11. The monoisotopic (exact) mass is 285 g/mol. The fraction of sp³-hybridized carbons (Fsp3) is 0.538. The van der Waals surface area contributed by atoms with Crippen LogP contribution in [0.15, 0.2) is 16.6 Å². The lowest BCUT2D eigenvalue weighted by Crippen LogP contribution is -2.31. The van der Waals surface area contributed by atoms with Crippen LogP contribution in [0.5, 0.6) is 0 Å². The van der Waals surface area contributed by atoms with Crippen LogP contribution in [0.25, 0.3) is 0 Å². The number of rotatable bonds is 2. The van der Waals surface area contributed by atoms with E-state index in [4.69, 9.17) is 0 Å². The van der Waals surface area contributed by atoms with Gasteiger partial charge >= 0.3 is 0 Å². The number of benzene rings is 1. The van der Waals surface area contributed by atoms with E-state index in [1.807, 2.05) is 19.1 Å². The van der Waals surface area contributed by atoms with Crippen molar-refractivity contribution in [3.63, 3.8) is 0 Å². The highest BCUT2D eigenvalue weighted by molar-refractivity contribution is 9.10. The highest BCUT2D eigenvalue weighted by Gasteiger charge is 2.16. The van der Waals surface area contributed by atoms with Crippen LogP contribution in [0.3, 0.4) is 0 Å². The highest BCUT2D eigenvalue weighted by Crippen LogP contribution is 2.25. The Bertz CT molecular complexity index is 372. The molecule has 1 aliphatic heterocycles. The van der Waals surface area contributed by atoms with Gasteiger partial charge in [-0.05, 0) is 62.4 Å². The van der Waals surface area contributed by atoms with Gasteiger partial charge in [0.15, 0.2) is 0 Å². The van der Waals surface area contributed by atoms with E-state index < -0.39 is 0 Å². The smallest absolute Gasteiger partial charge is 0.130 e. The van der Waals surface area contributed by atoms with Crippen molar-refractivity contribution >= 4 is 15.9 Å². The van der Waals surface area contributed by atoms with Gasteiger partial charge in [-0.3, -0.25) is 0 Å². The van der Waals surface area contributed by atoms with Gasteiger partial charge in [-0.2, -0.15) is 0 Å². The number of nitrogens with one attached hydrogen (secondary N) is 1. The van der Waals surface area contributed by atoms with Crippen LogP contribution in [0.2, 0.25) is 0 Å². The first-order valence-corrected chi connectivity index (χ1v) is 6.62. The fourth-order valence-corrected chi connectivity index (χ4v) is 2.59. The quantitative estimate of drug-likeness (QED) is 0.878. The lowest BCUT2D eigenvalue weighted by molar-refractivity contribution is 0.371. The molecule has 2 rings (SSSR count). The van der Waals surface area contributed by atoms with E-state index in [0.717, 1.165) is 35.1 Å². The Morgan fingerprint density at radius 2 is 2.31 bits per heavy atom. The van der Waals surface area contributed by atoms with Gasteiger partial charge in [0, 0.05) is 4.47 Å². The molecule has 0 spiro atoms. The van der Waals surface area contributed by atoms with Gasteiger partial charge in [-0.25, -0.2) is 4.39 Å². The van der Waals surface area contributed by atoms with Crippen molar-refractivity contribution in [3.8, 4) is 0 Å². The van der Waals surface area contributed by atoms with Crippen LogP contribution >= 0.6 is 15.9 Å². The predicted molar refractivity (Wildman–Crippen MR) is 68.1 cm³/mol. The third kappa shape index (κ3) is 2.64. The minimum absolute atomic E-state index is 0.0417. The van der Waals surface area contributed by atoms with Gasteiger partial charge in [0.1, 0.15) is 5.82 Å². The molecule has 1 aromatic carbocycles. The molecule has 1 heterocycles. The van der Waals surface area contributed by atoms with Crippen LogP contribution in [0, 0.1) is 18.7 Å². The maximum atomic E-state index is 14.0. The summed E-state index contributed by atoms with van der Waals surface area (Å²) in [7, 11) is 0. The zero-order valence-corrected chi connectivity index (χ0v) is 11.1. The largest absolute Gasteiger partial charge is 0.316 e. The van der Waals surface area contributed by atoms with E-state index in [2.05, 4.69) is 21.2 Å². The van der Waals surface area contributed by atoms with Gasteiger partial charge < -0.3 is 5.32 Å². The van der Waals surface area contributed by atoms with E-state index in [9.17, 15) is 4.39 Å². The SMILES string of the molecule is Cc1c(Br)ccc(CC2CCCNC2)c1F. The molecule has 88 valence electrons. The number of hydrogen-bond acceptors (Lipinski definition) is 1. The van der Waals surface area contributed by atoms with Crippen molar-refractivity contribution in [1.29, 1.82) is 0 Å². The molecule has 16 heavy (non-hydrogen) atoms. The molecular formula is C13H17BrFN. The third-order valence-corrected chi connectivity index (χ3v) is 4.17. The van der Waals surface area contributed by atoms with E-state index >= 15 is 0 Å². The number of piperidine rings is 1. The first kappa shape index (κ1) is 12.1. The average molecular weight is 286 g/mol. The van der Waals surface area contributed by atoms with E-state index in [1.54, 1.807) is 0 Å². The Morgan fingerprint density at radius 1 is 1.50 bits per heavy atom. The first-order valence-electron chi connectivity index (χ1n) is 5.82. The second-order valence-corrected chi connectivity index (χ2v) is 5.42. The lowest BCUT2D eigenvalue weighted by Gasteiger charge is -2.23. The molecule has 1 saturated heterocycles. The molecule has 1 atom stereocenters. The van der Waals surface area contributed by atoms with Crippen molar-refractivity contribution in [3.05, 3.63) is 33.5 Å². The summed E-state index contributed by atoms with van der Waals surface area (Å²) in [5, 5.41) is 3.37. The van der Waals surface area contributed by atoms with E-state index in [-0.39, 0.29) is 5.82 Å². The molecule has 0 bridgehead atoms. The molecule has 3 heteroatoms. The van der Waals surface area contributed by atoms with Crippen LogP contribution in [-0.2, 0) is 6.42 Å². The average Bonchev–Trinajstić information content (AvgIpc) is 2.31. The maximum absolute atomic E-state index is 14.0. The molecule has 1 unspecified atom stereocenters. The Morgan fingerprint density at radius 3 is 3.00 bits per heavy atom. The fourth-order valence-electron chi connectivity index (χ4n) is 2.28. The summed E-state index contributed by atoms with van der Waals surface area (Å²) in [6.07, 6.45) is 3.27. The third-order valence-electron chi connectivity index (χ3n) is 3.31. The van der Waals surface area contributed by atoms with Crippen molar-refractivity contribution in [2.45, 2.75) is 26.2 Å². The molecule has 0 aliphatic carbocycles. The summed E-state index contributed by atoms with van der Waals surface area (Å²) in [6, 6.07) is 3.85. The summed E-state index contributed by atoms with van der Waals surface area (Å²) < 4.78 is 14.8. The normalized spacial score (nSPS) is 21.1. The van der Waals surface area contributed by atoms with E-state index in [0.29, 0.717) is 5.92 Å². The molecule has 1 nitrogen and oxygen atoms in total. The Labute approximate surface area is 105 Å². The zero-order valence-electron chi connectivity index (χ0n) is 9.52. The van der Waals surface area contributed by atoms with Gasteiger partial charge in [-0.1, -0.05) is 22.0 Å².